The van der Waals surface area contributed by atoms with Crippen molar-refractivity contribution >= 4 is 33.3 Å². The Labute approximate surface area is 177 Å². The number of nitro groups is 1. The second kappa shape index (κ2) is 8.64. The minimum Gasteiger partial charge on any atom is -0.459 e. The van der Waals surface area contributed by atoms with Gasteiger partial charge in [-0.05, 0) is 30.2 Å². The molecule has 0 atom stereocenters. The summed E-state index contributed by atoms with van der Waals surface area (Å²) in [6, 6.07) is 9.50. The van der Waals surface area contributed by atoms with Crippen LogP contribution in [-0.2, 0) is 26.0 Å². The molecule has 0 saturated carbocycles. The first kappa shape index (κ1) is 22.1. The van der Waals surface area contributed by atoms with Crippen molar-refractivity contribution in [1.29, 1.82) is 0 Å². The average Bonchev–Trinajstić information content (AvgIpc) is 2.97. The van der Waals surface area contributed by atoms with E-state index in [1.807, 2.05) is 0 Å². The quantitative estimate of drug-likeness (QED) is 0.260. The number of ether oxygens (including phenoxy) is 1. The van der Waals surface area contributed by atoms with Crippen molar-refractivity contribution in [2.45, 2.75) is 24.8 Å². The molecule has 0 radical (unpaired) electrons. The molecule has 0 saturated heterocycles. The van der Waals surface area contributed by atoms with E-state index in [2.05, 4.69) is 0 Å². The number of nitrogens with zero attached hydrogens (tertiary/aromatic N) is 2. The highest BCUT2D eigenvalue weighted by Crippen LogP contribution is 2.30. The molecular formula is C20H18N2O8S. The zero-order valence-electron chi connectivity index (χ0n) is 16.4. The number of imide groups is 1. The molecule has 11 heteroatoms. The third-order valence-electron chi connectivity index (χ3n) is 4.62. The van der Waals surface area contributed by atoms with Crippen molar-refractivity contribution < 1.29 is 32.5 Å². The molecule has 2 aromatic rings. The topological polar surface area (TPSA) is 141 Å². The SMILES string of the molecule is CCCS(=O)(=O)c1ccc(COC(=O)CN2C(=O)c3cccc([N+](=O)[O-])c3C2=O)cc1. The molecule has 0 N–H and O–H groups in total. The Bertz CT molecular complexity index is 1170. The summed E-state index contributed by atoms with van der Waals surface area (Å²) in [6.45, 7) is 0.862. The van der Waals surface area contributed by atoms with Gasteiger partial charge in [0.1, 0.15) is 18.7 Å². The van der Waals surface area contributed by atoms with Crippen LogP contribution in [0.1, 0.15) is 39.6 Å². The second-order valence-corrected chi connectivity index (χ2v) is 8.89. The molecule has 0 spiro atoms. The van der Waals surface area contributed by atoms with E-state index in [9.17, 15) is 32.9 Å². The third kappa shape index (κ3) is 4.45. The monoisotopic (exact) mass is 446 g/mol. The molecule has 0 bridgehead atoms. The van der Waals surface area contributed by atoms with Crippen LogP contribution in [0.15, 0.2) is 47.4 Å². The summed E-state index contributed by atoms with van der Waals surface area (Å²) in [5, 5.41) is 11.1. The van der Waals surface area contributed by atoms with Gasteiger partial charge >= 0.3 is 5.97 Å². The lowest BCUT2D eigenvalue weighted by Crippen LogP contribution is -2.35. The Morgan fingerprint density at radius 2 is 1.77 bits per heavy atom. The second-order valence-electron chi connectivity index (χ2n) is 6.78. The van der Waals surface area contributed by atoms with Gasteiger partial charge < -0.3 is 4.74 Å². The fourth-order valence-corrected chi connectivity index (χ4v) is 4.45. The average molecular weight is 446 g/mol. The lowest BCUT2D eigenvalue weighted by Gasteiger charge is -2.13. The summed E-state index contributed by atoms with van der Waals surface area (Å²) in [7, 11) is -3.36. The van der Waals surface area contributed by atoms with Crippen molar-refractivity contribution in [2.24, 2.45) is 0 Å². The highest BCUT2D eigenvalue weighted by Gasteiger charge is 2.41. The van der Waals surface area contributed by atoms with Crippen LogP contribution in [0.5, 0.6) is 0 Å². The molecule has 1 aliphatic heterocycles. The van der Waals surface area contributed by atoms with Crippen molar-refractivity contribution in [3.63, 3.8) is 0 Å². The number of hydrogen-bond donors (Lipinski definition) is 0. The number of esters is 1. The summed E-state index contributed by atoms with van der Waals surface area (Å²) in [5.74, 6) is -2.61. The van der Waals surface area contributed by atoms with E-state index in [1.54, 1.807) is 6.92 Å². The van der Waals surface area contributed by atoms with Gasteiger partial charge in [-0.3, -0.25) is 29.4 Å². The minimum atomic E-state index is -3.36. The Balaban J connectivity index is 1.64. The molecule has 2 aromatic carbocycles. The first-order chi connectivity index (χ1) is 14.7. The highest BCUT2D eigenvalue weighted by atomic mass is 32.2. The zero-order chi connectivity index (χ0) is 22.8. The van der Waals surface area contributed by atoms with Crippen LogP contribution in [0.2, 0.25) is 0 Å². The molecule has 10 nitrogen and oxygen atoms in total. The van der Waals surface area contributed by atoms with Crippen molar-refractivity contribution in [3.8, 4) is 0 Å². The Morgan fingerprint density at radius 3 is 2.39 bits per heavy atom. The van der Waals surface area contributed by atoms with E-state index < -0.39 is 44.8 Å². The van der Waals surface area contributed by atoms with Crippen molar-refractivity contribution in [3.05, 3.63) is 69.3 Å². The molecular weight excluding hydrogens is 428 g/mol. The van der Waals surface area contributed by atoms with Crippen LogP contribution in [0, 0.1) is 10.1 Å². The van der Waals surface area contributed by atoms with Gasteiger partial charge in [-0.2, -0.15) is 0 Å². The number of amides is 2. The maximum absolute atomic E-state index is 12.5. The molecule has 31 heavy (non-hydrogen) atoms. The first-order valence-electron chi connectivity index (χ1n) is 9.26. The third-order valence-corrected chi connectivity index (χ3v) is 6.55. The van der Waals surface area contributed by atoms with E-state index in [-0.39, 0.29) is 28.4 Å². The summed E-state index contributed by atoms with van der Waals surface area (Å²) in [5.41, 5.74) is -0.489. The van der Waals surface area contributed by atoms with Crippen LogP contribution >= 0.6 is 0 Å². The van der Waals surface area contributed by atoms with E-state index >= 15 is 0 Å². The molecule has 1 aliphatic rings. The molecule has 0 fully saturated rings. The van der Waals surface area contributed by atoms with E-state index in [1.165, 1.54) is 36.4 Å². The smallest absolute Gasteiger partial charge is 0.326 e. The van der Waals surface area contributed by atoms with Gasteiger partial charge in [-0.15, -0.1) is 0 Å². The molecule has 0 aromatic heterocycles. The molecule has 2 amide bonds. The number of rotatable bonds is 8. The van der Waals surface area contributed by atoms with Gasteiger partial charge in [0.2, 0.25) is 0 Å². The van der Waals surface area contributed by atoms with Crippen LogP contribution in [-0.4, -0.2) is 48.3 Å². The summed E-state index contributed by atoms with van der Waals surface area (Å²) >= 11 is 0. The molecule has 3 rings (SSSR count). The fraction of sp³-hybridized carbons (Fsp3) is 0.250. The normalized spacial score (nSPS) is 13.3. The van der Waals surface area contributed by atoms with Gasteiger partial charge in [0.05, 0.1) is 21.1 Å². The number of nitro benzene ring substituents is 1. The standard InChI is InChI=1S/C20H18N2O8S/c1-2-10-31(28,29)14-8-6-13(7-9-14)12-30-17(23)11-21-19(24)15-4-3-5-16(22(26)27)18(15)20(21)25/h3-9H,2,10-12H2,1H3. The number of carbonyl (C=O) groups is 3. The molecule has 0 aliphatic carbocycles. The minimum absolute atomic E-state index is 0.0276. The highest BCUT2D eigenvalue weighted by molar-refractivity contribution is 7.91. The number of hydrogen-bond acceptors (Lipinski definition) is 8. The Morgan fingerprint density at radius 1 is 1.10 bits per heavy atom. The molecule has 0 unspecified atom stereocenters. The summed E-state index contributed by atoms with van der Waals surface area (Å²) in [4.78, 5) is 48.1. The van der Waals surface area contributed by atoms with E-state index in [4.69, 9.17) is 4.74 Å². The van der Waals surface area contributed by atoms with Gasteiger partial charge in [0.25, 0.3) is 17.5 Å². The lowest BCUT2D eigenvalue weighted by molar-refractivity contribution is -0.385. The number of carbonyl (C=O) groups excluding carboxylic acids is 3. The van der Waals surface area contributed by atoms with Crippen molar-refractivity contribution in [2.75, 3.05) is 12.3 Å². The zero-order valence-corrected chi connectivity index (χ0v) is 17.3. The predicted molar refractivity (Wildman–Crippen MR) is 107 cm³/mol. The van der Waals surface area contributed by atoms with Gasteiger partial charge in [0.15, 0.2) is 9.84 Å². The lowest BCUT2D eigenvalue weighted by atomic mass is 10.1. The van der Waals surface area contributed by atoms with E-state index in [0.717, 1.165) is 6.07 Å². The van der Waals surface area contributed by atoms with Crippen molar-refractivity contribution in [1.82, 2.24) is 4.90 Å². The van der Waals surface area contributed by atoms with Gasteiger partial charge in [-0.1, -0.05) is 25.1 Å². The van der Waals surface area contributed by atoms with E-state index in [0.29, 0.717) is 16.9 Å². The maximum Gasteiger partial charge on any atom is 0.326 e. The first-order valence-corrected chi connectivity index (χ1v) is 10.9. The summed E-state index contributed by atoms with van der Waals surface area (Å²) in [6.07, 6.45) is 0.489. The van der Waals surface area contributed by atoms with Gasteiger partial charge in [-0.25, -0.2) is 8.42 Å². The van der Waals surface area contributed by atoms with Crippen LogP contribution in [0.25, 0.3) is 0 Å². The van der Waals surface area contributed by atoms with Crippen LogP contribution in [0.4, 0.5) is 5.69 Å². The Hall–Kier alpha value is -3.60. The van der Waals surface area contributed by atoms with Crippen LogP contribution in [0.3, 0.4) is 0 Å². The fourth-order valence-electron chi connectivity index (χ4n) is 3.13. The maximum atomic E-state index is 12.5. The largest absolute Gasteiger partial charge is 0.459 e. The Kier molecular flexibility index (Phi) is 6.16. The van der Waals surface area contributed by atoms with Crippen LogP contribution < -0.4 is 0 Å². The number of benzene rings is 2. The predicted octanol–water partition coefficient (Wildman–Crippen LogP) is 2.12. The molecule has 1 heterocycles. The summed E-state index contributed by atoms with van der Waals surface area (Å²) < 4.78 is 29.1. The number of sulfone groups is 1. The number of fused-ring (bicyclic) bond motifs is 1. The molecule has 162 valence electrons. The van der Waals surface area contributed by atoms with Gasteiger partial charge in [0, 0.05) is 6.07 Å².